The Hall–Kier alpha value is -2.56. The summed E-state index contributed by atoms with van der Waals surface area (Å²) in [6, 6.07) is 5.17. The lowest BCUT2D eigenvalue weighted by Gasteiger charge is -2.26. The van der Waals surface area contributed by atoms with Gasteiger partial charge in [-0.25, -0.2) is 0 Å². The van der Waals surface area contributed by atoms with Crippen molar-refractivity contribution in [3.05, 3.63) is 56.6 Å². The van der Waals surface area contributed by atoms with Crippen LogP contribution in [0.1, 0.15) is 16.0 Å². The minimum atomic E-state index is -4.46. The molecular formula is C21H18F3N3O2S2. The van der Waals surface area contributed by atoms with Crippen LogP contribution in [0.2, 0.25) is 0 Å². The molecule has 0 radical (unpaired) electrons. The standard InChI is InChI=1S/C21H18F3N3O2S2/c22-21(23,24)14-2-3-17-16(10-14)26-20(29)18(31-17)11-15-9-13(12-30-15)1-4-19(28)27-7-5-25-6-8-27/h1-4,9-12,25H,5-8H2,(H,26,29)/b4-1+,18-11+. The predicted molar refractivity (Wildman–Crippen MR) is 117 cm³/mol. The van der Waals surface area contributed by atoms with Gasteiger partial charge >= 0.3 is 6.18 Å². The average Bonchev–Trinajstić information content (AvgIpc) is 3.19. The molecule has 0 saturated carbocycles. The number of fused-ring (bicyclic) bond motifs is 1. The van der Waals surface area contributed by atoms with Gasteiger partial charge in [0.2, 0.25) is 5.91 Å². The quantitative estimate of drug-likeness (QED) is 0.664. The van der Waals surface area contributed by atoms with E-state index in [1.165, 1.54) is 17.4 Å². The maximum absolute atomic E-state index is 12.9. The highest BCUT2D eigenvalue weighted by Gasteiger charge is 2.32. The molecule has 0 aliphatic carbocycles. The van der Waals surface area contributed by atoms with Gasteiger partial charge in [0.05, 0.1) is 16.2 Å². The van der Waals surface area contributed by atoms with E-state index in [0.717, 1.165) is 47.4 Å². The van der Waals surface area contributed by atoms with Crippen molar-refractivity contribution in [3.63, 3.8) is 0 Å². The number of rotatable bonds is 3. The number of amides is 2. The van der Waals surface area contributed by atoms with Gasteiger partial charge in [-0.15, -0.1) is 11.3 Å². The molecule has 0 spiro atoms. The molecule has 1 aromatic carbocycles. The first-order valence-electron chi connectivity index (χ1n) is 9.48. The van der Waals surface area contributed by atoms with Crippen molar-refractivity contribution >= 4 is 52.8 Å². The van der Waals surface area contributed by atoms with Crippen molar-refractivity contribution in [1.29, 1.82) is 0 Å². The molecular weight excluding hydrogens is 447 g/mol. The number of hydrogen-bond acceptors (Lipinski definition) is 5. The summed E-state index contributed by atoms with van der Waals surface area (Å²) in [7, 11) is 0. The van der Waals surface area contributed by atoms with Crippen LogP contribution in [0.5, 0.6) is 0 Å². The summed E-state index contributed by atoms with van der Waals surface area (Å²) in [5, 5.41) is 7.61. The molecule has 4 rings (SSSR count). The second kappa shape index (κ2) is 8.89. The fourth-order valence-corrected chi connectivity index (χ4v) is 4.96. The molecule has 1 saturated heterocycles. The van der Waals surface area contributed by atoms with Crippen LogP contribution in [0.3, 0.4) is 0 Å². The lowest BCUT2D eigenvalue weighted by molar-refractivity contribution is -0.137. The molecule has 0 unspecified atom stereocenters. The molecule has 10 heteroatoms. The van der Waals surface area contributed by atoms with E-state index < -0.39 is 17.6 Å². The lowest BCUT2D eigenvalue weighted by Crippen LogP contribution is -2.45. The SMILES string of the molecule is O=C1Nc2cc(C(F)(F)F)ccc2S/C1=C/c1cc(/C=C/C(=O)N2CCNCC2)cs1. The van der Waals surface area contributed by atoms with Crippen LogP contribution in [-0.2, 0) is 15.8 Å². The lowest BCUT2D eigenvalue weighted by atomic mass is 10.2. The molecule has 2 amide bonds. The summed E-state index contributed by atoms with van der Waals surface area (Å²) in [5.74, 6) is -0.485. The van der Waals surface area contributed by atoms with Gasteiger partial charge in [-0.3, -0.25) is 9.59 Å². The number of benzene rings is 1. The number of carbonyl (C=O) groups excluding carboxylic acids is 2. The van der Waals surface area contributed by atoms with Gasteiger partial charge in [-0.1, -0.05) is 11.8 Å². The number of nitrogens with zero attached hydrogens (tertiary/aromatic N) is 1. The van der Waals surface area contributed by atoms with E-state index in [1.807, 2.05) is 11.4 Å². The number of piperazine rings is 1. The Kier molecular flexibility index (Phi) is 6.22. The first kappa shape index (κ1) is 21.7. The smallest absolute Gasteiger partial charge is 0.337 e. The number of thiophene rings is 1. The van der Waals surface area contributed by atoms with E-state index in [0.29, 0.717) is 22.9 Å². The maximum atomic E-state index is 12.9. The number of anilines is 1. The Morgan fingerprint density at radius 1 is 1.16 bits per heavy atom. The highest BCUT2D eigenvalue weighted by molar-refractivity contribution is 8.04. The van der Waals surface area contributed by atoms with Crippen molar-refractivity contribution < 1.29 is 22.8 Å². The minimum Gasteiger partial charge on any atom is -0.337 e. The molecule has 3 heterocycles. The summed E-state index contributed by atoms with van der Waals surface area (Å²) >= 11 is 2.54. The molecule has 1 fully saturated rings. The predicted octanol–water partition coefficient (Wildman–Crippen LogP) is 4.30. The van der Waals surface area contributed by atoms with E-state index in [9.17, 15) is 22.8 Å². The van der Waals surface area contributed by atoms with Crippen LogP contribution in [0.15, 0.2) is 45.5 Å². The highest BCUT2D eigenvalue weighted by atomic mass is 32.2. The first-order valence-corrected chi connectivity index (χ1v) is 11.2. The van der Waals surface area contributed by atoms with Crippen LogP contribution in [0.4, 0.5) is 18.9 Å². The van der Waals surface area contributed by atoms with Crippen molar-refractivity contribution in [2.45, 2.75) is 11.1 Å². The van der Waals surface area contributed by atoms with Crippen molar-refractivity contribution in [1.82, 2.24) is 10.2 Å². The zero-order valence-electron chi connectivity index (χ0n) is 16.2. The number of hydrogen-bond donors (Lipinski definition) is 2. The topological polar surface area (TPSA) is 61.4 Å². The highest BCUT2D eigenvalue weighted by Crippen LogP contribution is 2.42. The molecule has 5 nitrogen and oxygen atoms in total. The number of carbonyl (C=O) groups is 2. The second-order valence-corrected chi connectivity index (χ2v) is 8.99. The molecule has 2 aliphatic heterocycles. The van der Waals surface area contributed by atoms with E-state index >= 15 is 0 Å². The molecule has 0 bridgehead atoms. The van der Waals surface area contributed by atoms with E-state index in [-0.39, 0.29) is 11.6 Å². The fraction of sp³-hybridized carbons (Fsp3) is 0.238. The van der Waals surface area contributed by atoms with Gasteiger partial charge < -0.3 is 15.5 Å². The van der Waals surface area contributed by atoms with E-state index in [1.54, 1.807) is 23.1 Å². The summed E-state index contributed by atoms with van der Waals surface area (Å²) in [6.07, 6.45) is 0.514. The van der Waals surface area contributed by atoms with Gasteiger partial charge in [-0.05, 0) is 47.4 Å². The molecule has 162 valence electrons. The van der Waals surface area contributed by atoms with Gasteiger partial charge in [0.15, 0.2) is 0 Å². The largest absolute Gasteiger partial charge is 0.416 e. The Labute approximate surface area is 185 Å². The van der Waals surface area contributed by atoms with Gasteiger partial charge in [-0.2, -0.15) is 13.2 Å². The third kappa shape index (κ3) is 5.20. The number of alkyl halides is 3. The van der Waals surface area contributed by atoms with Crippen molar-refractivity contribution in [2.75, 3.05) is 31.5 Å². The Morgan fingerprint density at radius 3 is 2.68 bits per heavy atom. The van der Waals surface area contributed by atoms with Crippen LogP contribution in [0.25, 0.3) is 12.2 Å². The Balaban J connectivity index is 1.46. The van der Waals surface area contributed by atoms with Gasteiger partial charge in [0.25, 0.3) is 5.91 Å². The zero-order valence-corrected chi connectivity index (χ0v) is 17.8. The number of thioether (sulfide) groups is 1. The normalized spacial score (nSPS) is 18.4. The van der Waals surface area contributed by atoms with Crippen LogP contribution >= 0.6 is 23.1 Å². The second-order valence-electron chi connectivity index (χ2n) is 6.96. The van der Waals surface area contributed by atoms with Crippen molar-refractivity contribution in [2.24, 2.45) is 0 Å². The van der Waals surface area contributed by atoms with Gasteiger partial charge in [0, 0.05) is 42.0 Å². The molecule has 2 aromatic rings. The average molecular weight is 466 g/mol. The zero-order chi connectivity index (χ0) is 22.0. The fourth-order valence-electron chi connectivity index (χ4n) is 3.16. The molecule has 1 aromatic heterocycles. The molecule has 0 atom stereocenters. The third-order valence-electron chi connectivity index (χ3n) is 4.76. The Bertz CT molecular complexity index is 1070. The molecule has 31 heavy (non-hydrogen) atoms. The molecule has 2 N–H and O–H groups in total. The van der Waals surface area contributed by atoms with Crippen molar-refractivity contribution in [3.8, 4) is 0 Å². The Morgan fingerprint density at radius 2 is 1.94 bits per heavy atom. The summed E-state index contributed by atoms with van der Waals surface area (Å²) in [6.45, 7) is 2.94. The van der Waals surface area contributed by atoms with E-state index in [2.05, 4.69) is 10.6 Å². The first-order chi connectivity index (χ1) is 14.8. The summed E-state index contributed by atoms with van der Waals surface area (Å²) in [5.41, 5.74) is 0.199. The van der Waals surface area contributed by atoms with Crippen LogP contribution < -0.4 is 10.6 Å². The van der Waals surface area contributed by atoms with Gasteiger partial charge in [0.1, 0.15) is 0 Å². The number of nitrogens with one attached hydrogen (secondary N) is 2. The third-order valence-corrected chi connectivity index (χ3v) is 6.76. The summed E-state index contributed by atoms with van der Waals surface area (Å²) in [4.78, 5) is 28.1. The van der Waals surface area contributed by atoms with Crippen LogP contribution in [0, 0.1) is 0 Å². The molecule has 2 aliphatic rings. The maximum Gasteiger partial charge on any atom is 0.416 e. The monoisotopic (exact) mass is 465 g/mol. The van der Waals surface area contributed by atoms with E-state index in [4.69, 9.17) is 0 Å². The summed E-state index contributed by atoms with van der Waals surface area (Å²) < 4.78 is 38.6. The minimum absolute atomic E-state index is 0.0374. The van der Waals surface area contributed by atoms with Crippen LogP contribution in [-0.4, -0.2) is 42.9 Å². The number of halogens is 3.